The quantitative estimate of drug-likeness (QED) is 0.856. The molecule has 0 aliphatic heterocycles. The van der Waals surface area contributed by atoms with Gasteiger partial charge in [0.2, 0.25) is 0 Å². The first-order valence-corrected chi connectivity index (χ1v) is 6.25. The van der Waals surface area contributed by atoms with Crippen molar-refractivity contribution in [2.45, 2.75) is 13.5 Å². The molecule has 1 aromatic carbocycles. The molecule has 2 aromatic rings. The van der Waals surface area contributed by atoms with Crippen LogP contribution in [0.5, 0.6) is 0 Å². The van der Waals surface area contributed by atoms with Crippen LogP contribution in [-0.4, -0.2) is 4.57 Å². The third kappa shape index (κ3) is 2.69. The molecule has 0 N–H and O–H groups in total. The molecule has 0 fully saturated rings. The second kappa shape index (κ2) is 5.19. The molecule has 0 saturated carbocycles. The lowest BCUT2D eigenvalue weighted by atomic mass is 10.1. The highest BCUT2D eigenvalue weighted by atomic mass is 79.9. The molecule has 0 bridgehead atoms. The van der Waals surface area contributed by atoms with E-state index in [9.17, 15) is 4.79 Å². The van der Waals surface area contributed by atoms with Crippen LogP contribution in [-0.2, 0) is 6.54 Å². The van der Waals surface area contributed by atoms with Crippen LogP contribution in [0.3, 0.4) is 0 Å². The molecular formula is C14H11BrN2O. The van der Waals surface area contributed by atoms with E-state index in [1.54, 1.807) is 22.8 Å². The van der Waals surface area contributed by atoms with Crippen molar-refractivity contribution >= 4 is 15.9 Å². The number of nitrogens with zero attached hydrogens (tertiary/aromatic N) is 2. The Hall–Kier alpha value is -1.86. The zero-order valence-corrected chi connectivity index (χ0v) is 11.4. The van der Waals surface area contributed by atoms with Crippen molar-refractivity contribution in [2.75, 3.05) is 0 Å². The second-order valence-corrected chi connectivity index (χ2v) is 4.96. The molecule has 0 aliphatic carbocycles. The molecule has 0 unspecified atom stereocenters. The zero-order valence-electron chi connectivity index (χ0n) is 9.85. The molecule has 2 rings (SSSR count). The van der Waals surface area contributed by atoms with E-state index < -0.39 is 0 Å². The fourth-order valence-corrected chi connectivity index (χ4v) is 2.38. The minimum atomic E-state index is -0.0667. The van der Waals surface area contributed by atoms with Gasteiger partial charge in [-0.25, -0.2) is 0 Å². The van der Waals surface area contributed by atoms with Gasteiger partial charge >= 0.3 is 0 Å². The van der Waals surface area contributed by atoms with Crippen LogP contribution in [0.25, 0.3) is 0 Å². The number of aryl methyl sites for hydroxylation is 1. The number of hydrogen-bond acceptors (Lipinski definition) is 2. The lowest BCUT2D eigenvalue weighted by molar-refractivity contribution is 0.749. The van der Waals surface area contributed by atoms with E-state index in [-0.39, 0.29) is 5.56 Å². The van der Waals surface area contributed by atoms with Gasteiger partial charge in [-0.15, -0.1) is 0 Å². The Labute approximate surface area is 113 Å². The average Bonchev–Trinajstić information content (AvgIpc) is 2.35. The summed E-state index contributed by atoms with van der Waals surface area (Å²) in [5, 5.41) is 8.84. The van der Waals surface area contributed by atoms with Crippen molar-refractivity contribution < 1.29 is 0 Å². The van der Waals surface area contributed by atoms with Crippen molar-refractivity contribution in [1.29, 1.82) is 5.26 Å². The largest absolute Gasteiger partial charge is 0.310 e. The molecule has 0 saturated heterocycles. The van der Waals surface area contributed by atoms with E-state index in [0.717, 1.165) is 11.1 Å². The lowest BCUT2D eigenvalue weighted by Gasteiger charge is -2.08. The maximum atomic E-state index is 11.9. The molecule has 0 amide bonds. The summed E-state index contributed by atoms with van der Waals surface area (Å²) < 4.78 is 2.19. The number of hydrogen-bond donors (Lipinski definition) is 0. The molecule has 0 radical (unpaired) electrons. The molecule has 3 nitrogen and oxygen atoms in total. The monoisotopic (exact) mass is 302 g/mol. The van der Waals surface area contributed by atoms with Gasteiger partial charge in [-0.2, -0.15) is 5.26 Å². The summed E-state index contributed by atoms with van der Waals surface area (Å²) in [7, 11) is 0. The first-order chi connectivity index (χ1) is 8.60. The van der Waals surface area contributed by atoms with Gasteiger partial charge in [0.25, 0.3) is 5.56 Å². The number of rotatable bonds is 2. The molecule has 0 atom stereocenters. The minimum Gasteiger partial charge on any atom is -0.310 e. The van der Waals surface area contributed by atoms with Crippen LogP contribution in [0.2, 0.25) is 0 Å². The normalized spacial score (nSPS) is 10.1. The third-order valence-electron chi connectivity index (χ3n) is 2.59. The summed E-state index contributed by atoms with van der Waals surface area (Å²) in [6, 6.07) is 11.2. The molecule has 0 spiro atoms. The van der Waals surface area contributed by atoms with Crippen molar-refractivity contribution in [2.24, 2.45) is 0 Å². The van der Waals surface area contributed by atoms with Gasteiger partial charge in [0, 0.05) is 6.20 Å². The van der Waals surface area contributed by atoms with E-state index in [4.69, 9.17) is 5.26 Å². The van der Waals surface area contributed by atoms with Gasteiger partial charge in [0.15, 0.2) is 0 Å². The van der Waals surface area contributed by atoms with Gasteiger partial charge in [0.1, 0.15) is 0 Å². The Morgan fingerprint density at radius 1 is 1.39 bits per heavy atom. The Morgan fingerprint density at radius 3 is 2.89 bits per heavy atom. The van der Waals surface area contributed by atoms with Crippen LogP contribution in [0.4, 0.5) is 0 Å². The van der Waals surface area contributed by atoms with Crippen LogP contribution < -0.4 is 5.56 Å². The van der Waals surface area contributed by atoms with Crippen molar-refractivity contribution in [3.8, 4) is 6.07 Å². The smallest absolute Gasteiger partial charge is 0.265 e. The molecule has 1 heterocycles. The average molecular weight is 303 g/mol. The molecular weight excluding hydrogens is 292 g/mol. The second-order valence-electron chi connectivity index (χ2n) is 4.11. The van der Waals surface area contributed by atoms with Crippen LogP contribution >= 0.6 is 15.9 Å². The number of nitriles is 1. The van der Waals surface area contributed by atoms with E-state index in [0.29, 0.717) is 16.6 Å². The SMILES string of the molecule is Cc1cc(Br)c(=O)n(Cc2cccc(C#N)c2)c1. The fraction of sp³-hybridized carbons (Fsp3) is 0.143. The summed E-state index contributed by atoms with van der Waals surface area (Å²) >= 11 is 3.25. The van der Waals surface area contributed by atoms with Crippen molar-refractivity contribution in [3.63, 3.8) is 0 Å². The zero-order chi connectivity index (χ0) is 13.1. The first kappa shape index (κ1) is 12.6. The minimum absolute atomic E-state index is 0.0667. The summed E-state index contributed by atoms with van der Waals surface area (Å²) in [4.78, 5) is 11.9. The standard InChI is InChI=1S/C14H11BrN2O/c1-10-5-13(15)14(18)17(8-10)9-12-4-2-3-11(6-12)7-16/h2-6,8H,9H2,1H3. The maximum absolute atomic E-state index is 11.9. The lowest BCUT2D eigenvalue weighted by Crippen LogP contribution is -2.21. The Balaban J connectivity index is 2.40. The van der Waals surface area contributed by atoms with Crippen molar-refractivity contribution in [1.82, 2.24) is 4.57 Å². The highest BCUT2D eigenvalue weighted by Crippen LogP contribution is 2.09. The van der Waals surface area contributed by atoms with Gasteiger partial charge in [-0.3, -0.25) is 4.79 Å². The maximum Gasteiger partial charge on any atom is 0.265 e. The number of benzene rings is 1. The van der Waals surface area contributed by atoms with Crippen LogP contribution in [0.1, 0.15) is 16.7 Å². The van der Waals surface area contributed by atoms with Crippen LogP contribution in [0, 0.1) is 18.3 Å². The van der Waals surface area contributed by atoms with E-state index in [1.165, 1.54) is 0 Å². The summed E-state index contributed by atoms with van der Waals surface area (Å²) in [5.74, 6) is 0. The first-order valence-electron chi connectivity index (χ1n) is 5.46. The Bertz CT molecular complexity index is 683. The Kier molecular flexibility index (Phi) is 3.63. The molecule has 1 aromatic heterocycles. The van der Waals surface area contributed by atoms with Gasteiger partial charge in [-0.1, -0.05) is 12.1 Å². The highest BCUT2D eigenvalue weighted by molar-refractivity contribution is 9.10. The van der Waals surface area contributed by atoms with Crippen molar-refractivity contribution in [3.05, 3.63) is 68.0 Å². The molecule has 4 heteroatoms. The molecule has 90 valence electrons. The number of halogens is 1. The summed E-state index contributed by atoms with van der Waals surface area (Å²) in [5.41, 5.74) is 2.49. The van der Waals surface area contributed by atoms with E-state index in [1.807, 2.05) is 25.3 Å². The summed E-state index contributed by atoms with van der Waals surface area (Å²) in [6.45, 7) is 2.40. The summed E-state index contributed by atoms with van der Waals surface area (Å²) in [6.07, 6.45) is 1.81. The van der Waals surface area contributed by atoms with E-state index >= 15 is 0 Å². The van der Waals surface area contributed by atoms with Gasteiger partial charge in [0.05, 0.1) is 22.7 Å². The topological polar surface area (TPSA) is 45.8 Å². The Morgan fingerprint density at radius 2 is 2.17 bits per heavy atom. The fourth-order valence-electron chi connectivity index (χ4n) is 1.79. The predicted molar refractivity (Wildman–Crippen MR) is 73.4 cm³/mol. The highest BCUT2D eigenvalue weighted by Gasteiger charge is 2.03. The molecule has 18 heavy (non-hydrogen) atoms. The molecule has 0 aliphatic rings. The number of pyridine rings is 1. The third-order valence-corrected chi connectivity index (χ3v) is 3.16. The predicted octanol–water partition coefficient (Wildman–Crippen LogP) is 2.84. The van der Waals surface area contributed by atoms with Crippen LogP contribution in [0.15, 0.2) is 45.8 Å². The number of aromatic nitrogens is 1. The van der Waals surface area contributed by atoms with E-state index in [2.05, 4.69) is 22.0 Å². The van der Waals surface area contributed by atoms with Gasteiger partial charge < -0.3 is 4.57 Å². The van der Waals surface area contributed by atoms with Gasteiger partial charge in [-0.05, 0) is 52.2 Å².